The van der Waals surface area contributed by atoms with Gasteiger partial charge in [-0.25, -0.2) is 4.57 Å². The van der Waals surface area contributed by atoms with E-state index < -0.39 is 38.6 Å². The molecule has 0 aromatic rings. The van der Waals surface area contributed by atoms with Crippen LogP contribution in [0.3, 0.4) is 0 Å². The number of phosphoric acid groups is 1. The Labute approximate surface area is 358 Å². The van der Waals surface area contributed by atoms with Crippen LogP contribution < -0.4 is 11.1 Å². The average molecular weight is 843 g/mol. The molecule has 0 saturated carbocycles. The van der Waals surface area contributed by atoms with E-state index in [1.165, 1.54) is 173 Å². The maximum absolute atomic E-state index is 12.8. The summed E-state index contributed by atoms with van der Waals surface area (Å²) >= 11 is 0. The highest BCUT2D eigenvalue weighted by Gasteiger charge is 2.27. The van der Waals surface area contributed by atoms with Crippen LogP contribution in [0.4, 0.5) is 0 Å². The summed E-state index contributed by atoms with van der Waals surface area (Å²) in [6.07, 6.45) is 48.4. The molecule has 0 rings (SSSR count). The highest BCUT2D eigenvalue weighted by Crippen LogP contribution is 2.43. The van der Waals surface area contributed by atoms with Gasteiger partial charge in [0.2, 0.25) is 5.91 Å². The van der Waals surface area contributed by atoms with Crippen molar-refractivity contribution in [2.24, 2.45) is 5.73 Å². The minimum absolute atomic E-state index is 0.0462. The first-order chi connectivity index (χ1) is 28.3. The number of aliphatic hydroxyl groups excluding tert-OH is 2. The van der Waals surface area contributed by atoms with Crippen molar-refractivity contribution in [2.45, 2.75) is 257 Å². The Morgan fingerprint density at radius 3 is 1.43 bits per heavy atom. The number of carbonyl (C=O) groups is 1. The molecule has 0 aromatic heterocycles. The van der Waals surface area contributed by atoms with Crippen molar-refractivity contribution in [2.75, 3.05) is 19.8 Å². The normalized spacial score (nSPS) is 14.7. The topological polar surface area (TPSA) is 151 Å². The Morgan fingerprint density at radius 1 is 0.586 bits per heavy atom. The van der Waals surface area contributed by atoms with Gasteiger partial charge in [-0.2, -0.15) is 0 Å². The molecule has 4 unspecified atom stereocenters. The molecule has 0 saturated heterocycles. The second-order valence-electron chi connectivity index (χ2n) is 16.9. The predicted molar refractivity (Wildman–Crippen MR) is 246 cm³/mol. The zero-order valence-electron chi connectivity index (χ0n) is 37.9. The predicted octanol–water partition coefficient (Wildman–Crippen LogP) is 13.1. The Hall–Kier alpha value is -1.06. The highest BCUT2D eigenvalue weighted by atomic mass is 31.2. The van der Waals surface area contributed by atoms with Crippen molar-refractivity contribution in [1.29, 1.82) is 0 Å². The number of allylic oxidation sites excluding steroid dienone is 3. The molecular formula is C48H95N2O7P. The molecule has 9 nitrogen and oxygen atoms in total. The maximum atomic E-state index is 12.8. The summed E-state index contributed by atoms with van der Waals surface area (Å²) in [6, 6.07) is -0.996. The van der Waals surface area contributed by atoms with Gasteiger partial charge in [0.25, 0.3) is 0 Å². The van der Waals surface area contributed by atoms with Gasteiger partial charge in [0.05, 0.1) is 37.9 Å². The Balaban J connectivity index is 4.22. The van der Waals surface area contributed by atoms with Crippen LogP contribution in [0, 0.1) is 0 Å². The number of rotatable bonds is 46. The minimum atomic E-state index is -4.41. The number of hydrogen-bond acceptors (Lipinski definition) is 7. The van der Waals surface area contributed by atoms with Crippen LogP contribution in [0.2, 0.25) is 0 Å². The van der Waals surface area contributed by atoms with E-state index in [0.29, 0.717) is 12.8 Å². The van der Waals surface area contributed by atoms with Crippen molar-refractivity contribution in [3.05, 3.63) is 24.3 Å². The number of nitrogens with one attached hydrogen (secondary N) is 1. The Morgan fingerprint density at radius 2 is 0.983 bits per heavy atom. The molecule has 10 heteroatoms. The third kappa shape index (κ3) is 41.7. The minimum Gasteiger partial charge on any atom is -0.393 e. The zero-order chi connectivity index (χ0) is 42.6. The monoisotopic (exact) mass is 843 g/mol. The first-order valence-corrected chi connectivity index (χ1v) is 26.0. The molecule has 0 aliphatic rings. The molecule has 0 spiro atoms. The van der Waals surface area contributed by atoms with Gasteiger partial charge < -0.3 is 26.2 Å². The number of phosphoric ester groups is 1. The summed E-state index contributed by atoms with van der Waals surface area (Å²) < 4.78 is 22.1. The van der Waals surface area contributed by atoms with E-state index in [9.17, 15) is 24.5 Å². The van der Waals surface area contributed by atoms with E-state index in [1.807, 2.05) is 6.08 Å². The number of hydrogen-bond donors (Lipinski definition) is 5. The fourth-order valence-electron chi connectivity index (χ4n) is 7.37. The number of amides is 1. The summed E-state index contributed by atoms with van der Waals surface area (Å²) in [4.78, 5) is 22.8. The summed E-state index contributed by atoms with van der Waals surface area (Å²) in [6.45, 7) is 3.98. The third-order valence-electron chi connectivity index (χ3n) is 11.1. The van der Waals surface area contributed by atoms with Gasteiger partial charge in [-0.1, -0.05) is 224 Å². The summed E-state index contributed by atoms with van der Waals surface area (Å²) in [5, 5.41) is 24.1. The van der Waals surface area contributed by atoms with E-state index >= 15 is 0 Å². The van der Waals surface area contributed by atoms with E-state index in [4.69, 9.17) is 14.8 Å². The summed E-state index contributed by atoms with van der Waals surface area (Å²) in [5.74, 6) is -0.452. The third-order valence-corrected chi connectivity index (χ3v) is 12.1. The van der Waals surface area contributed by atoms with Crippen LogP contribution in [-0.4, -0.2) is 59.0 Å². The lowest BCUT2D eigenvalue weighted by molar-refractivity contribution is -0.124. The van der Waals surface area contributed by atoms with Gasteiger partial charge in [-0.05, 0) is 32.1 Å². The van der Waals surface area contributed by atoms with Gasteiger partial charge in [0.1, 0.15) is 0 Å². The second-order valence-corrected chi connectivity index (χ2v) is 18.3. The van der Waals surface area contributed by atoms with E-state index in [-0.39, 0.29) is 19.6 Å². The lowest BCUT2D eigenvalue weighted by Crippen LogP contribution is -2.46. The van der Waals surface area contributed by atoms with Gasteiger partial charge in [-0.3, -0.25) is 13.8 Å². The summed E-state index contributed by atoms with van der Waals surface area (Å²) in [5.41, 5.74) is 5.37. The van der Waals surface area contributed by atoms with Gasteiger partial charge in [0.15, 0.2) is 0 Å². The van der Waals surface area contributed by atoms with E-state index in [2.05, 4.69) is 31.3 Å². The van der Waals surface area contributed by atoms with Crippen molar-refractivity contribution in [1.82, 2.24) is 5.32 Å². The number of carbonyl (C=O) groups excluding carboxylic acids is 1. The highest BCUT2D eigenvalue weighted by molar-refractivity contribution is 7.47. The molecular weight excluding hydrogens is 748 g/mol. The molecule has 0 fully saturated rings. The quantitative estimate of drug-likeness (QED) is 0.0231. The van der Waals surface area contributed by atoms with Crippen LogP contribution in [0.25, 0.3) is 0 Å². The SMILES string of the molecule is CCCCCCCCCCCC/C=C/CC/C=C/C(O)C(COP(=O)(O)OCCN)NC(=O)CC(O)CCCCCCCCCCCCCCCCCCCCCC. The Bertz CT molecular complexity index is 982. The molecule has 0 aliphatic heterocycles. The number of aliphatic hydroxyl groups is 2. The van der Waals surface area contributed by atoms with Crippen LogP contribution in [-0.2, 0) is 18.4 Å². The molecule has 58 heavy (non-hydrogen) atoms. The van der Waals surface area contributed by atoms with Crippen LogP contribution in [0.15, 0.2) is 24.3 Å². The van der Waals surface area contributed by atoms with Crippen LogP contribution >= 0.6 is 7.82 Å². The van der Waals surface area contributed by atoms with Gasteiger partial charge in [0, 0.05) is 6.54 Å². The average Bonchev–Trinajstić information content (AvgIpc) is 3.20. The summed E-state index contributed by atoms with van der Waals surface area (Å²) in [7, 11) is -4.41. The fraction of sp³-hybridized carbons (Fsp3) is 0.896. The molecule has 4 atom stereocenters. The molecule has 0 bridgehead atoms. The molecule has 1 amide bonds. The van der Waals surface area contributed by atoms with Crippen LogP contribution in [0.5, 0.6) is 0 Å². The lowest BCUT2D eigenvalue weighted by atomic mass is 10.0. The first-order valence-electron chi connectivity index (χ1n) is 24.5. The Kier molecular flexibility index (Phi) is 43.2. The maximum Gasteiger partial charge on any atom is 0.472 e. The van der Waals surface area contributed by atoms with Gasteiger partial charge >= 0.3 is 7.82 Å². The molecule has 0 radical (unpaired) electrons. The number of nitrogens with two attached hydrogens (primary N) is 1. The second kappa shape index (κ2) is 44.0. The molecule has 0 aromatic carbocycles. The molecule has 6 N–H and O–H groups in total. The standard InChI is InChI=1S/C48H95N2O7P/c1-3-5-7-9-11-13-15-17-19-21-22-23-24-25-27-29-31-33-35-37-39-45(51)43-48(53)50-46(44-57-58(54,55)56-42-41-49)47(52)40-38-36-34-32-30-28-26-20-18-16-14-12-10-8-6-4-2/h30,32,38,40,45-47,51-52H,3-29,31,33-37,39,41-44,49H2,1-2H3,(H,50,53)(H,54,55)/b32-30+,40-38+. The van der Waals surface area contributed by atoms with Crippen LogP contribution in [0.1, 0.15) is 239 Å². The lowest BCUT2D eigenvalue weighted by Gasteiger charge is -2.24. The largest absolute Gasteiger partial charge is 0.472 e. The smallest absolute Gasteiger partial charge is 0.393 e. The van der Waals surface area contributed by atoms with Crippen molar-refractivity contribution in [3.8, 4) is 0 Å². The van der Waals surface area contributed by atoms with E-state index in [1.54, 1.807) is 6.08 Å². The first kappa shape index (κ1) is 56.9. The fourth-order valence-corrected chi connectivity index (χ4v) is 8.13. The van der Waals surface area contributed by atoms with Crippen molar-refractivity contribution < 1.29 is 33.5 Å². The number of unbranched alkanes of at least 4 members (excludes halogenated alkanes) is 30. The molecule has 344 valence electrons. The van der Waals surface area contributed by atoms with Crippen molar-refractivity contribution >= 4 is 13.7 Å². The molecule has 0 heterocycles. The van der Waals surface area contributed by atoms with Gasteiger partial charge in [-0.15, -0.1) is 0 Å². The van der Waals surface area contributed by atoms with Crippen molar-refractivity contribution in [3.63, 3.8) is 0 Å². The zero-order valence-corrected chi connectivity index (χ0v) is 38.8. The van der Waals surface area contributed by atoms with E-state index in [0.717, 1.165) is 32.1 Å². The molecule has 0 aliphatic carbocycles.